The number of hydrogen-bond donors (Lipinski definition) is 3. The van der Waals surface area contributed by atoms with Gasteiger partial charge in [0.1, 0.15) is 5.84 Å². The maximum Gasteiger partial charge on any atom is 0.143 e. The molecule has 0 aliphatic rings. The molecule has 0 fully saturated rings. The molecular formula is C11H26N4O. The zero-order valence-electron chi connectivity index (χ0n) is 10.9. The third kappa shape index (κ3) is 5.92. The van der Waals surface area contributed by atoms with Gasteiger partial charge in [-0.2, -0.15) is 0 Å². The fourth-order valence-corrected chi connectivity index (χ4v) is 1.51. The van der Waals surface area contributed by atoms with Gasteiger partial charge in [-0.1, -0.05) is 25.9 Å². The molecule has 16 heavy (non-hydrogen) atoms. The van der Waals surface area contributed by atoms with Crippen molar-refractivity contribution in [1.82, 2.24) is 10.2 Å². The first-order chi connectivity index (χ1) is 7.54. The van der Waals surface area contributed by atoms with Crippen LogP contribution in [0.2, 0.25) is 0 Å². The van der Waals surface area contributed by atoms with Crippen LogP contribution in [-0.2, 0) is 0 Å². The minimum absolute atomic E-state index is 0.0594. The predicted octanol–water partition coefficient (Wildman–Crippen LogP) is 0.689. The molecule has 0 saturated carbocycles. The molecule has 5 heteroatoms. The highest BCUT2D eigenvalue weighted by atomic mass is 16.4. The smallest absolute Gasteiger partial charge is 0.143 e. The number of amidine groups is 1. The van der Waals surface area contributed by atoms with Crippen LogP contribution in [-0.4, -0.2) is 48.2 Å². The number of hydrogen-bond acceptors (Lipinski definition) is 4. The summed E-state index contributed by atoms with van der Waals surface area (Å²) in [5.41, 5.74) is 5.51. The predicted molar refractivity (Wildman–Crippen MR) is 67.8 cm³/mol. The van der Waals surface area contributed by atoms with E-state index in [9.17, 15) is 0 Å². The lowest BCUT2D eigenvalue weighted by atomic mass is 10.1. The van der Waals surface area contributed by atoms with E-state index >= 15 is 0 Å². The molecular weight excluding hydrogens is 204 g/mol. The largest absolute Gasteiger partial charge is 0.409 e. The maximum atomic E-state index is 8.52. The zero-order chi connectivity index (χ0) is 12.6. The standard InChI is InChI=1S/C11H26N4O/c1-5-15(6-2)8-10(4)13-7-9(3)11(12)14-16/h9-10,13,16H,5-8H2,1-4H3,(H2,12,14). The molecule has 96 valence electrons. The average Bonchev–Trinajstić information content (AvgIpc) is 2.31. The van der Waals surface area contributed by atoms with Crippen LogP contribution in [0.1, 0.15) is 27.7 Å². The molecule has 0 saturated heterocycles. The van der Waals surface area contributed by atoms with Crippen molar-refractivity contribution >= 4 is 5.84 Å². The summed E-state index contributed by atoms with van der Waals surface area (Å²) < 4.78 is 0. The molecule has 0 aromatic carbocycles. The molecule has 0 aliphatic heterocycles. The maximum absolute atomic E-state index is 8.52. The minimum atomic E-state index is 0.0594. The molecule has 0 heterocycles. The molecule has 0 aromatic heterocycles. The van der Waals surface area contributed by atoms with Gasteiger partial charge in [-0.15, -0.1) is 0 Å². The first-order valence-corrected chi connectivity index (χ1v) is 5.98. The summed E-state index contributed by atoms with van der Waals surface area (Å²) in [5.74, 6) is 0.340. The third-order valence-corrected chi connectivity index (χ3v) is 2.82. The van der Waals surface area contributed by atoms with Crippen LogP contribution in [0.4, 0.5) is 0 Å². The number of likely N-dealkylation sites (N-methyl/N-ethyl adjacent to an activating group) is 1. The third-order valence-electron chi connectivity index (χ3n) is 2.82. The summed E-state index contributed by atoms with van der Waals surface area (Å²) in [6.45, 7) is 12.3. The van der Waals surface area contributed by atoms with E-state index in [1.807, 2.05) is 6.92 Å². The molecule has 4 N–H and O–H groups in total. The normalized spacial score (nSPS) is 16.4. The van der Waals surface area contributed by atoms with Crippen LogP contribution in [0.25, 0.3) is 0 Å². The molecule has 0 spiro atoms. The van der Waals surface area contributed by atoms with Crippen LogP contribution in [0.15, 0.2) is 5.16 Å². The van der Waals surface area contributed by atoms with Gasteiger partial charge in [-0.25, -0.2) is 0 Å². The molecule has 5 nitrogen and oxygen atoms in total. The molecule has 0 radical (unpaired) electrons. The summed E-state index contributed by atoms with van der Waals surface area (Å²) in [6.07, 6.45) is 0. The number of nitrogens with two attached hydrogens (primary N) is 1. The lowest BCUT2D eigenvalue weighted by molar-refractivity contribution is 0.269. The van der Waals surface area contributed by atoms with E-state index in [1.54, 1.807) is 0 Å². The quantitative estimate of drug-likeness (QED) is 0.248. The Bertz CT molecular complexity index is 204. The van der Waals surface area contributed by atoms with Gasteiger partial charge in [-0.05, 0) is 20.0 Å². The van der Waals surface area contributed by atoms with Crippen molar-refractivity contribution in [2.24, 2.45) is 16.8 Å². The molecule has 2 unspecified atom stereocenters. The van der Waals surface area contributed by atoms with Gasteiger partial charge < -0.3 is 21.2 Å². The van der Waals surface area contributed by atoms with E-state index in [-0.39, 0.29) is 11.8 Å². The summed E-state index contributed by atoms with van der Waals surface area (Å²) in [7, 11) is 0. The van der Waals surface area contributed by atoms with Gasteiger partial charge in [-0.3, -0.25) is 0 Å². The van der Waals surface area contributed by atoms with E-state index in [2.05, 4.69) is 36.1 Å². The Morgan fingerprint density at radius 1 is 1.38 bits per heavy atom. The lowest BCUT2D eigenvalue weighted by Gasteiger charge is -2.24. The van der Waals surface area contributed by atoms with E-state index in [1.165, 1.54) is 0 Å². The van der Waals surface area contributed by atoms with Crippen molar-refractivity contribution < 1.29 is 5.21 Å². The Balaban J connectivity index is 3.84. The molecule has 0 rings (SSSR count). The van der Waals surface area contributed by atoms with Crippen molar-refractivity contribution in [3.8, 4) is 0 Å². The summed E-state index contributed by atoms with van der Waals surface area (Å²) >= 11 is 0. The molecule has 0 amide bonds. The molecule has 2 atom stereocenters. The van der Waals surface area contributed by atoms with Crippen molar-refractivity contribution in [2.75, 3.05) is 26.2 Å². The van der Waals surface area contributed by atoms with E-state index in [4.69, 9.17) is 10.9 Å². The van der Waals surface area contributed by atoms with Crippen LogP contribution >= 0.6 is 0 Å². The number of oxime groups is 1. The van der Waals surface area contributed by atoms with Gasteiger partial charge in [0.25, 0.3) is 0 Å². The Kier molecular flexibility index (Phi) is 7.93. The van der Waals surface area contributed by atoms with Gasteiger partial charge in [0.15, 0.2) is 0 Å². The van der Waals surface area contributed by atoms with Crippen molar-refractivity contribution in [2.45, 2.75) is 33.7 Å². The monoisotopic (exact) mass is 230 g/mol. The number of nitrogens with zero attached hydrogens (tertiary/aromatic N) is 2. The second-order valence-corrected chi connectivity index (χ2v) is 4.22. The lowest BCUT2D eigenvalue weighted by Crippen LogP contribution is -2.42. The van der Waals surface area contributed by atoms with Crippen LogP contribution in [0, 0.1) is 5.92 Å². The van der Waals surface area contributed by atoms with Gasteiger partial charge >= 0.3 is 0 Å². The summed E-state index contributed by atoms with van der Waals surface area (Å²) in [5, 5.41) is 14.9. The SMILES string of the molecule is CCN(CC)CC(C)NCC(C)C(N)=NO. The van der Waals surface area contributed by atoms with Gasteiger partial charge in [0, 0.05) is 25.0 Å². The van der Waals surface area contributed by atoms with Gasteiger partial charge in [0.2, 0.25) is 0 Å². The zero-order valence-corrected chi connectivity index (χ0v) is 10.9. The van der Waals surface area contributed by atoms with Crippen molar-refractivity contribution in [3.63, 3.8) is 0 Å². The second kappa shape index (κ2) is 8.35. The second-order valence-electron chi connectivity index (χ2n) is 4.22. The summed E-state index contributed by atoms with van der Waals surface area (Å²) in [4.78, 5) is 2.37. The Morgan fingerprint density at radius 3 is 2.38 bits per heavy atom. The van der Waals surface area contributed by atoms with E-state index in [0.29, 0.717) is 6.04 Å². The van der Waals surface area contributed by atoms with Gasteiger partial charge in [0.05, 0.1) is 0 Å². The first kappa shape index (κ1) is 15.2. The number of nitrogens with one attached hydrogen (secondary N) is 1. The minimum Gasteiger partial charge on any atom is -0.409 e. The Labute approximate surface area is 98.7 Å². The Hall–Kier alpha value is -0.810. The fraction of sp³-hybridized carbons (Fsp3) is 0.909. The van der Waals surface area contributed by atoms with Crippen LogP contribution < -0.4 is 11.1 Å². The van der Waals surface area contributed by atoms with E-state index < -0.39 is 0 Å². The molecule has 0 bridgehead atoms. The highest BCUT2D eigenvalue weighted by Crippen LogP contribution is 1.96. The first-order valence-electron chi connectivity index (χ1n) is 5.98. The molecule has 0 aromatic rings. The van der Waals surface area contributed by atoms with E-state index in [0.717, 1.165) is 26.2 Å². The Morgan fingerprint density at radius 2 is 1.94 bits per heavy atom. The van der Waals surface area contributed by atoms with Crippen LogP contribution in [0.3, 0.4) is 0 Å². The fourth-order valence-electron chi connectivity index (χ4n) is 1.51. The average molecular weight is 230 g/mol. The van der Waals surface area contributed by atoms with Crippen LogP contribution in [0.5, 0.6) is 0 Å². The highest BCUT2D eigenvalue weighted by molar-refractivity contribution is 5.82. The van der Waals surface area contributed by atoms with Crippen molar-refractivity contribution in [1.29, 1.82) is 0 Å². The molecule has 0 aliphatic carbocycles. The summed E-state index contributed by atoms with van der Waals surface area (Å²) in [6, 6.07) is 0.411. The number of rotatable bonds is 8. The highest BCUT2D eigenvalue weighted by Gasteiger charge is 2.11. The topological polar surface area (TPSA) is 73.9 Å². The van der Waals surface area contributed by atoms with Crippen molar-refractivity contribution in [3.05, 3.63) is 0 Å².